The molecule has 0 saturated heterocycles. The van der Waals surface area contributed by atoms with Crippen LogP contribution in [0.1, 0.15) is 77.6 Å². The van der Waals surface area contributed by atoms with Gasteiger partial charge in [0.25, 0.3) is 0 Å². The van der Waals surface area contributed by atoms with Crippen LogP contribution in [0.4, 0.5) is 0 Å². The molecule has 226 valence electrons. The molecule has 0 aromatic heterocycles. The molecule has 0 radical (unpaired) electrons. The number of aryl methyl sites for hydroxylation is 2. The zero-order valence-electron chi connectivity index (χ0n) is 28.3. The molecule has 1 nitrogen and oxygen atoms in total. The molecular weight excluding hydrogens is 573 g/mol. The van der Waals surface area contributed by atoms with Crippen LogP contribution in [0.5, 0.6) is 0 Å². The molecular formula is C37H56OSi4. The molecule has 0 spiro atoms. The fourth-order valence-electron chi connectivity index (χ4n) is 10.2. The van der Waals surface area contributed by atoms with Gasteiger partial charge in [-0.15, -0.1) is 0 Å². The summed E-state index contributed by atoms with van der Waals surface area (Å²) >= 11 is 0. The maximum Gasteiger partial charge on any atom is 0.211 e. The van der Waals surface area contributed by atoms with Crippen molar-refractivity contribution < 1.29 is 4.12 Å². The third-order valence-corrected chi connectivity index (χ3v) is 38.3. The first kappa shape index (κ1) is 31.9. The molecule has 0 aliphatic carbocycles. The highest BCUT2D eigenvalue weighted by Crippen LogP contribution is 2.56. The topological polar surface area (TPSA) is 9.23 Å². The monoisotopic (exact) mass is 628 g/mol. The van der Waals surface area contributed by atoms with Crippen LogP contribution in [0.15, 0.2) is 60.7 Å². The van der Waals surface area contributed by atoms with E-state index in [1.165, 1.54) is 59.5 Å². The minimum Gasteiger partial charge on any atom is -0.448 e. The molecule has 2 aliphatic heterocycles. The maximum absolute atomic E-state index is 7.61. The zero-order valence-corrected chi connectivity index (χ0v) is 32.3. The largest absolute Gasteiger partial charge is 0.448 e. The van der Waals surface area contributed by atoms with Gasteiger partial charge in [0.2, 0.25) is 16.6 Å². The van der Waals surface area contributed by atoms with E-state index in [-0.39, 0.29) is 4.66 Å². The summed E-state index contributed by atoms with van der Waals surface area (Å²) in [4.78, 5) is 0. The summed E-state index contributed by atoms with van der Waals surface area (Å²) in [5, 5.41) is 7.17. The number of fused-ring (bicyclic) bond motifs is 2. The fourth-order valence-corrected chi connectivity index (χ4v) is 40.9. The smallest absolute Gasteiger partial charge is 0.211 e. The van der Waals surface area contributed by atoms with Crippen molar-refractivity contribution in [2.75, 3.05) is 0 Å². The van der Waals surface area contributed by atoms with Crippen molar-refractivity contribution in [3.05, 3.63) is 82.9 Å². The van der Waals surface area contributed by atoms with Crippen LogP contribution >= 0.6 is 0 Å². The van der Waals surface area contributed by atoms with Crippen LogP contribution in [-0.4, -0.2) is 32.8 Å². The third-order valence-electron chi connectivity index (χ3n) is 12.7. The molecule has 0 amide bonds. The Hall–Kier alpha value is -1.51. The summed E-state index contributed by atoms with van der Waals surface area (Å²) in [5.41, 5.74) is 5.99. The maximum atomic E-state index is 7.61. The van der Waals surface area contributed by atoms with Crippen LogP contribution in [0, 0.1) is 13.8 Å². The summed E-state index contributed by atoms with van der Waals surface area (Å²) in [6, 6.07) is 35.7. The number of benzene rings is 3. The Labute approximate surface area is 261 Å². The SMILES string of the molecule is CC[Si]1(CC)O[Si](CC)(CC)c2cc3c(cc21)[Si](CC)(CC)C(c1ccc(C)cc1)(c1ccc(C)cc1)[Si]3(CC)CC. The standard InChI is InChI=1S/C37H56OSi4/c1-11-39(12-2)33-27-35-36(42(17-7,18-8)38-41(35,15-5)16-6)28-34(33)40(13-3,14-4)37(39,31-23-19-29(9)20-24-31)32-25-21-30(10)22-26-32/h19-28H,11-18H2,1-10H3. The molecule has 3 aromatic carbocycles. The molecule has 3 aromatic rings. The normalized spacial score (nSPS) is 20.3. The lowest BCUT2D eigenvalue weighted by Gasteiger charge is -2.54. The predicted molar refractivity (Wildman–Crippen MR) is 196 cm³/mol. The van der Waals surface area contributed by atoms with Crippen molar-refractivity contribution >= 4 is 53.5 Å². The van der Waals surface area contributed by atoms with Gasteiger partial charge in [-0.3, -0.25) is 0 Å². The van der Waals surface area contributed by atoms with Crippen molar-refractivity contribution in [1.29, 1.82) is 0 Å². The minimum atomic E-state index is -2.13. The van der Waals surface area contributed by atoms with Gasteiger partial charge in [-0.1, -0.05) is 162 Å². The number of hydrogen-bond acceptors (Lipinski definition) is 1. The summed E-state index contributed by atoms with van der Waals surface area (Å²) < 4.78 is 7.73. The molecule has 0 atom stereocenters. The molecule has 5 heteroatoms. The lowest BCUT2D eigenvalue weighted by Crippen LogP contribution is -2.69. The third kappa shape index (κ3) is 3.85. The van der Waals surface area contributed by atoms with Gasteiger partial charge in [-0.2, -0.15) is 0 Å². The average Bonchev–Trinajstić information content (AvgIpc) is 3.44. The van der Waals surface area contributed by atoms with E-state index in [0.717, 1.165) is 0 Å². The quantitative estimate of drug-likeness (QED) is 0.206. The Morgan fingerprint density at radius 3 is 1.02 bits per heavy atom. The van der Waals surface area contributed by atoms with Crippen LogP contribution in [0.25, 0.3) is 0 Å². The molecule has 0 fully saturated rings. The van der Waals surface area contributed by atoms with Crippen LogP contribution in [0.3, 0.4) is 0 Å². The molecule has 0 unspecified atom stereocenters. The first-order chi connectivity index (χ1) is 20.1. The molecule has 2 aliphatic rings. The van der Waals surface area contributed by atoms with Gasteiger partial charge >= 0.3 is 0 Å². The van der Waals surface area contributed by atoms with Gasteiger partial charge in [0.15, 0.2) is 0 Å². The first-order valence-corrected chi connectivity index (χ1v) is 26.7. The summed E-state index contributed by atoms with van der Waals surface area (Å²) in [6.45, 7) is 24.5. The highest BCUT2D eigenvalue weighted by Gasteiger charge is 2.71. The lowest BCUT2D eigenvalue weighted by molar-refractivity contribution is 0.550. The Kier molecular flexibility index (Phi) is 8.69. The zero-order chi connectivity index (χ0) is 30.6. The van der Waals surface area contributed by atoms with E-state index < -0.39 is 32.8 Å². The second kappa shape index (κ2) is 11.4. The van der Waals surface area contributed by atoms with E-state index in [4.69, 9.17) is 4.12 Å². The van der Waals surface area contributed by atoms with Crippen molar-refractivity contribution in [3.63, 3.8) is 0 Å². The summed E-state index contributed by atoms with van der Waals surface area (Å²) in [6.07, 6.45) is 0. The van der Waals surface area contributed by atoms with Gasteiger partial charge < -0.3 is 4.12 Å². The lowest BCUT2D eigenvalue weighted by atomic mass is 10.0. The van der Waals surface area contributed by atoms with E-state index in [9.17, 15) is 0 Å². The summed E-state index contributed by atoms with van der Waals surface area (Å²) in [7, 11) is -8.25. The van der Waals surface area contributed by atoms with Crippen LogP contribution in [0.2, 0.25) is 48.4 Å². The van der Waals surface area contributed by atoms with Crippen molar-refractivity contribution in [3.8, 4) is 0 Å². The highest BCUT2D eigenvalue weighted by molar-refractivity contribution is 7.20. The van der Waals surface area contributed by atoms with Crippen LogP contribution in [-0.2, 0) is 8.78 Å². The fraction of sp³-hybridized carbons (Fsp3) is 0.514. The molecule has 2 heterocycles. The highest BCUT2D eigenvalue weighted by atomic mass is 28.4. The molecule has 5 rings (SSSR count). The van der Waals surface area contributed by atoms with E-state index in [1.807, 2.05) is 10.4 Å². The van der Waals surface area contributed by atoms with E-state index in [0.29, 0.717) is 0 Å². The van der Waals surface area contributed by atoms with Gasteiger partial charge in [0, 0.05) is 4.66 Å². The second-order valence-corrected chi connectivity index (χ2v) is 32.4. The predicted octanol–water partition coefficient (Wildman–Crippen LogP) is 8.19. The Balaban J connectivity index is 2.02. The Morgan fingerprint density at radius 2 is 0.762 bits per heavy atom. The van der Waals surface area contributed by atoms with Gasteiger partial charge in [-0.25, -0.2) is 0 Å². The van der Waals surface area contributed by atoms with Crippen molar-refractivity contribution in [1.82, 2.24) is 0 Å². The second-order valence-electron chi connectivity index (χ2n) is 13.5. The number of hydrogen-bond donors (Lipinski definition) is 0. The van der Waals surface area contributed by atoms with E-state index in [1.54, 1.807) is 21.5 Å². The van der Waals surface area contributed by atoms with Gasteiger partial charge in [0.1, 0.15) is 0 Å². The van der Waals surface area contributed by atoms with Gasteiger partial charge in [-0.05, 0) is 59.5 Å². The van der Waals surface area contributed by atoms with Crippen molar-refractivity contribution in [2.24, 2.45) is 0 Å². The molecule has 0 saturated carbocycles. The Morgan fingerprint density at radius 1 is 0.452 bits per heavy atom. The minimum absolute atomic E-state index is 0.123. The molecule has 0 bridgehead atoms. The van der Waals surface area contributed by atoms with E-state index in [2.05, 4.69) is 130 Å². The van der Waals surface area contributed by atoms with Gasteiger partial charge in [0.05, 0.1) is 16.1 Å². The first-order valence-electron chi connectivity index (χ1n) is 17.2. The summed E-state index contributed by atoms with van der Waals surface area (Å²) in [5.74, 6) is 0. The van der Waals surface area contributed by atoms with E-state index >= 15 is 0 Å². The van der Waals surface area contributed by atoms with Crippen molar-refractivity contribution in [2.45, 2.75) is 122 Å². The molecule has 0 N–H and O–H groups in total. The molecule has 42 heavy (non-hydrogen) atoms. The van der Waals surface area contributed by atoms with Crippen LogP contribution < -0.4 is 20.7 Å². The average molecular weight is 629 g/mol. The number of rotatable bonds is 10. The Bertz CT molecular complexity index is 1300.